The van der Waals surface area contributed by atoms with Crippen molar-refractivity contribution in [1.29, 1.82) is 0 Å². The standard InChI is InChI=1S/C10H15NO4/c1-4-9(12)14-5-7(2)10(13)15-6-8(3)11/h4-5,8H,1,6,11H2,2-3H3. The van der Waals surface area contributed by atoms with Gasteiger partial charge in [-0.3, -0.25) is 0 Å². The Bertz CT molecular complexity index is 281. The smallest absolute Gasteiger partial charge is 0.336 e. The molecule has 0 amide bonds. The first kappa shape index (κ1) is 13.4. The minimum Gasteiger partial charge on any atom is -0.461 e. The Balaban J connectivity index is 4.07. The second-order valence-corrected chi connectivity index (χ2v) is 3.02. The Labute approximate surface area is 88.5 Å². The van der Waals surface area contributed by atoms with Gasteiger partial charge in [-0.25, -0.2) is 9.59 Å². The number of ether oxygens (including phenoxy) is 2. The Morgan fingerprint density at radius 3 is 2.60 bits per heavy atom. The fourth-order valence-electron chi connectivity index (χ4n) is 0.564. The van der Waals surface area contributed by atoms with Crippen LogP contribution in [-0.4, -0.2) is 24.6 Å². The van der Waals surface area contributed by atoms with Gasteiger partial charge in [0.2, 0.25) is 0 Å². The first-order valence-electron chi connectivity index (χ1n) is 4.40. The lowest BCUT2D eigenvalue weighted by molar-refractivity contribution is -0.139. The van der Waals surface area contributed by atoms with Gasteiger partial charge in [-0.2, -0.15) is 0 Å². The second-order valence-electron chi connectivity index (χ2n) is 3.02. The zero-order chi connectivity index (χ0) is 11.8. The first-order valence-corrected chi connectivity index (χ1v) is 4.40. The molecule has 0 aliphatic carbocycles. The lowest BCUT2D eigenvalue weighted by Crippen LogP contribution is -2.24. The summed E-state index contributed by atoms with van der Waals surface area (Å²) in [6.45, 7) is 6.52. The zero-order valence-corrected chi connectivity index (χ0v) is 8.86. The van der Waals surface area contributed by atoms with Crippen molar-refractivity contribution in [3.63, 3.8) is 0 Å². The fraction of sp³-hybridized carbons (Fsp3) is 0.400. The molecule has 0 aliphatic heterocycles. The van der Waals surface area contributed by atoms with Crippen molar-refractivity contribution < 1.29 is 19.1 Å². The highest BCUT2D eigenvalue weighted by atomic mass is 16.5. The summed E-state index contributed by atoms with van der Waals surface area (Å²) >= 11 is 0. The van der Waals surface area contributed by atoms with Crippen molar-refractivity contribution in [3.8, 4) is 0 Å². The van der Waals surface area contributed by atoms with E-state index in [1.807, 2.05) is 0 Å². The molecule has 0 aromatic carbocycles. The second kappa shape index (κ2) is 6.78. The molecule has 0 aromatic rings. The van der Waals surface area contributed by atoms with E-state index in [0.29, 0.717) is 0 Å². The quantitative estimate of drug-likeness (QED) is 0.409. The number of carbonyl (C=O) groups is 2. The number of rotatable bonds is 5. The van der Waals surface area contributed by atoms with Gasteiger partial charge in [0.15, 0.2) is 0 Å². The molecule has 0 saturated carbocycles. The van der Waals surface area contributed by atoms with Crippen LogP contribution in [-0.2, 0) is 19.1 Å². The van der Waals surface area contributed by atoms with E-state index in [-0.39, 0.29) is 18.2 Å². The minimum atomic E-state index is -0.630. The summed E-state index contributed by atoms with van der Waals surface area (Å²) < 4.78 is 9.31. The molecule has 1 atom stereocenters. The van der Waals surface area contributed by atoms with Gasteiger partial charge in [0.1, 0.15) is 12.9 Å². The molecule has 0 fully saturated rings. The maximum absolute atomic E-state index is 11.2. The molecule has 0 saturated heterocycles. The van der Waals surface area contributed by atoms with E-state index in [9.17, 15) is 9.59 Å². The molecule has 0 spiro atoms. The maximum atomic E-state index is 11.2. The summed E-state index contributed by atoms with van der Waals surface area (Å²) in [5.74, 6) is -1.20. The van der Waals surface area contributed by atoms with Crippen LogP contribution >= 0.6 is 0 Å². The Kier molecular flexibility index (Phi) is 6.05. The highest BCUT2D eigenvalue weighted by molar-refractivity contribution is 5.88. The first-order chi connectivity index (χ1) is 6.97. The molecule has 0 aliphatic rings. The van der Waals surface area contributed by atoms with Gasteiger partial charge in [0.25, 0.3) is 0 Å². The monoisotopic (exact) mass is 213 g/mol. The molecule has 0 bridgehead atoms. The molecule has 0 rings (SSSR count). The van der Waals surface area contributed by atoms with Crippen molar-refractivity contribution in [3.05, 3.63) is 24.5 Å². The van der Waals surface area contributed by atoms with Gasteiger partial charge in [-0.05, 0) is 13.8 Å². The van der Waals surface area contributed by atoms with E-state index in [4.69, 9.17) is 10.5 Å². The molecule has 0 heterocycles. The average molecular weight is 213 g/mol. The predicted octanol–water partition coefficient (Wildman–Crippen LogP) is 0.510. The van der Waals surface area contributed by atoms with Crippen LogP contribution in [0, 0.1) is 0 Å². The van der Waals surface area contributed by atoms with Gasteiger partial charge >= 0.3 is 11.9 Å². The molecule has 5 nitrogen and oxygen atoms in total. The Hall–Kier alpha value is -1.62. The van der Waals surface area contributed by atoms with Crippen LogP contribution in [0.15, 0.2) is 24.5 Å². The van der Waals surface area contributed by atoms with Crippen molar-refractivity contribution in [1.82, 2.24) is 0 Å². The molecular formula is C10H15NO4. The maximum Gasteiger partial charge on any atom is 0.336 e. The van der Waals surface area contributed by atoms with Crippen molar-refractivity contribution >= 4 is 11.9 Å². The fourth-order valence-corrected chi connectivity index (χ4v) is 0.564. The van der Waals surface area contributed by atoms with E-state index in [0.717, 1.165) is 12.3 Å². The highest BCUT2D eigenvalue weighted by Crippen LogP contribution is 1.98. The summed E-state index contributed by atoms with van der Waals surface area (Å²) in [7, 11) is 0. The van der Waals surface area contributed by atoms with Gasteiger partial charge in [-0.15, -0.1) is 0 Å². The van der Waals surface area contributed by atoms with Gasteiger partial charge < -0.3 is 15.2 Å². The number of carbonyl (C=O) groups excluding carboxylic acids is 2. The normalized spacial score (nSPS) is 12.9. The lowest BCUT2D eigenvalue weighted by atomic mass is 10.3. The molecule has 0 radical (unpaired) electrons. The van der Waals surface area contributed by atoms with Crippen LogP contribution in [0.2, 0.25) is 0 Å². The molecular weight excluding hydrogens is 198 g/mol. The number of nitrogens with two attached hydrogens (primary N) is 1. The van der Waals surface area contributed by atoms with Crippen molar-refractivity contribution in [2.24, 2.45) is 5.73 Å². The molecule has 15 heavy (non-hydrogen) atoms. The third-order valence-electron chi connectivity index (χ3n) is 1.32. The third-order valence-corrected chi connectivity index (χ3v) is 1.32. The van der Waals surface area contributed by atoms with E-state index >= 15 is 0 Å². The average Bonchev–Trinajstić information content (AvgIpc) is 2.21. The summed E-state index contributed by atoms with van der Waals surface area (Å²) in [4.78, 5) is 21.8. The van der Waals surface area contributed by atoms with Gasteiger partial charge in [0, 0.05) is 12.1 Å². The van der Waals surface area contributed by atoms with Crippen LogP contribution in [0.4, 0.5) is 0 Å². The van der Waals surface area contributed by atoms with E-state index in [1.165, 1.54) is 6.92 Å². The summed E-state index contributed by atoms with van der Waals surface area (Å²) in [6.07, 6.45) is 2.02. The van der Waals surface area contributed by atoms with Crippen LogP contribution in [0.1, 0.15) is 13.8 Å². The van der Waals surface area contributed by atoms with Gasteiger partial charge in [0.05, 0.1) is 5.57 Å². The summed E-state index contributed by atoms with van der Waals surface area (Å²) in [6, 6.07) is -0.225. The molecule has 84 valence electrons. The van der Waals surface area contributed by atoms with Crippen LogP contribution in [0.25, 0.3) is 0 Å². The van der Waals surface area contributed by atoms with E-state index in [1.54, 1.807) is 6.92 Å². The largest absolute Gasteiger partial charge is 0.461 e. The van der Waals surface area contributed by atoms with E-state index < -0.39 is 11.9 Å². The van der Waals surface area contributed by atoms with Crippen molar-refractivity contribution in [2.45, 2.75) is 19.9 Å². The number of hydrogen-bond donors (Lipinski definition) is 1. The molecule has 5 heteroatoms. The van der Waals surface area contributed by atoms with Crippen LogP contribution < -0.4 is 5.73 Å². The van der Waals surface area contributed by atoms with Gasteiger partial charge in [-0.1, -0.05) is 6.58 Å². The summed E-state index contributed by atoms with van der Waals surface area (Å²) in [5.41, 5.74) is 5.58. The van der Waals surface area contributed by atoms with Crippen molar-refractivity contribution in [2.75, 3.05) is 6.61 Å². The Morgan fingerprint density at radius 1 is 1.53 bits per heavy atom. The molecule has 1 unspecified atom stereocenters. The third kappa shape index (κ3) is 6.45. The van der Waals surface area contributed by atoms with Crippen LogP contribution in [0.5, 0.6) is 0 Å². The summed E-state index contributed by atoms with van der Waals surface area (Å²) in [5, 5.41) is 0. The lowest BCUT2D eigenvalue weighted by Gasteiger charge is -2.06. The Morgan fingerprint density at radius 2 is 2.13 bits per heavy atom. The SMILES string of the molecule is C=CC(=O)OC=C(C)C(=O)OCC(C)N. The van der Waals surface area contributed by atoms with Crippen LogP contribution in [0.3, 0.4) is 0 Å². The predicted molar refractivity (Wildman–Crippen MR) is 54.7 cm³/mol. The topological polar surface area (TPSA) is 78.6 Å². The number of esters is 2. The zero-order valence-electron chi connectivity index (χ0n) is 8.86. The van der Waals surface area contributed by atoms with E-state index in [2.05, 4.69) is 11.3 Å². The highest BCUT2D eigenvalue weighted by Gasteiger charge is 2.07. The number of hydrogen-bond acceptors (Lipinski definition) is 5. The molecule has 2 N–H and O–H groups in total. The molecule has 0 aromatic heterocycles. The minimum absolute atomic E-state index is 0.124.